The summed E-state index contributed by atoms with van der Waals surface area (Å²) in [5.41, 5.74) is 1.06. The smallest absolute Gasteiger partial charge is 0.331 e. The van der Waals surface area contributed by atoms with Gasteiger partial charge in [-0.2, -0.15) is 5.26 Å². The van der Waals surface area contributed by atoms with Crippen molar-refractivity contribution < 1.29 is 23.4 Å². The van der Waals surface area contributed by atoms with Crippen LogP contribution in [0.5, 0.6) is 11.5 Å². The standard InChI is InChI=1S/C20H15ClFNO4/c21-16-9-13(10-18-20(16)26-7-1-6-25-18)3-5-19(24)27-12-15-8-14(11-23)2-4-17(15)22/h2-5,8-10H,1,6-7,12H2/b5-3+. The van der Waals surface area contributed by atoms with Crippen LogP contribution in [-0.4, -0.2) is 19.2 Å². The summed E-state index contributed by atoms with van der Waals surface area (Å²) in [4.78, 5) is 11.9. The number of halogens is 2. The van der Waals surface area contributed by atoms with E-state index in [0.29, 0.717) is 40.9 Å². The fraction of sp³-hybridized carbons (Fsp3) is 0.200. The zero-order valence-electron chi connectivity index (χ0n) is 14.2. The quantitative estimate of drug-likeness (QED) is 0.579. The van der Waals surface area contributed by atoms with Crippen molar-refractivity contribution in [2.24, 2.45) is 0 Å². The van der Waals surface area contributed by atoms with Crippen molar-refractivity contribution >= 4 is 23.6 Å². The van der Waals surface area contributed by atoms with Crippen molar-refractivity contribution in [2.75, 3.05) is 13.2 Å². The molecule has 0 saturated heterocycles. The van der Waals surface area contributed by atoms with Gasteiger partial charge in [0.2, 0.25) is 0 Å². The summed E-state index contributed by atoms with van der Waals surface area (Å²) in [6.07, 6.45) is 3.48. The summed E-state index contributed by atoms with van der Waals surface area (Å²) in [5, 5.41) is 9.23. The Kier molecular flexibility index (Phi) is 5.94. The molecule has 0 atom stereocenters. The first-order valence-electron chi connectivity index (χ1n) is 8.19. The number of ether oxygens (including phenoxy) is 3. The molecule has 0 aromatic heterocycles. The predicted octanol–water partition coefficient (Wildman–Crippen LogP) is 4.27. The number of benzene rings is 2. The number of carbonyl (C=O) groups is 1. The van der Waals surface area contributed by atoms with Gasteiger partial charge in [-0.1, -0.05) is 11.6 Å². The predicted molar refractivity (Wildman–Crippen MR) is 97.0 cm³/mol. The van der Waals surface area contributed by atoms with Crippen LogP contribution in [0, 0.1) is 17.1 Å². The van der Waals surface area contributed by atoms with Gasteiger partial charge in [0.15, 0.2) is 11.5 Å². The molecule has 0 unspecified atom stereocenters. The van der Waals surface area contributed by atoms with Gasteiger partial charge in [0.1, 0.15) is 12.4 Å². The minimum absolute atomic E-state index is 0.134. The average Bonchev–Trinajstić information content (AvgIpc) is 2.91. The normalized spacial score (nSPS) is 13.1. The molecular formula is C20H15ClFNO4. The molecule has 1 heterocycles. The summed E-state index contributed by atoms with van der Waals surface area (Å²) < 4.78 is 29.9. The van der Waals surface area contributed by atoms with E-state index in [1.54, 1.807) is 12.1 Å². The molecule has 138 valence electrons. The Morgan fingerprint density at radius 1 is 1.30 bits per heavy atom. The molecule has 7 heteroatoms. The molecule has 27 heavy (non-hydrogen) atoms. The minimum Gasteiger partial charge on any atom is -0.489 e. The number of carbonyl (C=O) groups excluding carboxylic acids is 1. The lowest BCUT2D eigenvalue weighted by atomic mass is 10.1. The van der Waals surface area contributed by atoms with Crippen LogP contribution in [-0.2, 0) is 16.1 Å². The molecule has 0 fully saturated rings. The first kappa shape index (κ1) is 18.7. The molecule has 0 radical (unpaired) electrons. The van der Waals surface area contributed by atoms with E-state index in [4.69, 9.17) is 31.1 Å². The Bertz CT molecular complexity index is 936. The number of fused-ring (bicyclic) bond motifs is 1. The first-order valence-corrected chi connectivity index (χ1v) is 8.57. The number of hydrogen-bond donors (Lipinski definition) is 0. The third-order valence-corrected chi connectivity index (χ3v) is 4.06. The monoisotopic (exact) mass is 387 g/mol. The van der Waals surface area contributed by atoms with Crippen molar-refractivity contribution in [1.82, 2.24) is 0 Å². The van der Waals surface area contributed by atoms with Gasteiger partial charge in [-0.3, -0.25) is 0 Å². The highest BCUT2D eigenvalue weighted by Crippen LogP contribution is 2.38. The first-order chi connectivity index (χ1) is 13.1. The van der Waals surface area contributed by atoms with E-state index < -0.39 is 11.8 Å². The Morgan fingerprint density at radius 2 is 2.11 bits per heavy atom. The molecule has 1 aliphatic heterocycles. The molecule has 2 aromatic rings. The third-order valence-electron chi connectivity index (χ3n) is 3.78. The lowest BCUT2D eigenvalue weighted by molar-refractivity contribution is -0.138. The maximum Gasteiger partial charge on any atom is 0.331 e. The van der Waals surface area contributed by atoms with Crippen LogP contribution in [0.2, 0.25) is 5.02 Å². The van der Waals surface area contributed by atoms with E-state index in [2.05, 4.69) is 0 Å². The van der Waals surface area contributed by atoms with Gasteiger partial charge < -0.3 is 14.2 Å². The van der Waals surface area contributed by atoms with E-state index in [-0.39, 0.29) is 12.2 Å². The van der Waals surface area contributed by atoms with E-state index in [1.807, 2.05) is 6.07 Å². The second kappa shape index (κ2) is 8.56. The summed E-state index contributed by atoms with van der Waals surface area (Å²) in [6.45, 7) is 0.774. The van der Waals surface area contributed by atoms with E-state index in [0.717, 1.165) is 12.5 Å². The second-order valence-corrected chi connectivity index (χ2v) is 6.15. The zero-order chi connectivity index (χ0) is 19.2. The fourth-order valence-electron chi connectivity index (χ4n) is 2.46. The van der Waals surface area contributed by atoms with Gasteiger partial charge >= 0.3 is 5.97 Å². The fourth-order valence-corrected chi connectivity index (χ4v) is 2.74. The maximum absolute atomic E-state index is 13.7. The molecule has 3 rings (SSSR count). The van der Waals surface area contributed by atoms with Gasteiger partial charge in [-0.25, -0.2) is 9.18 Å². The second-order valence-electron chi connectivity index (χ2n) is 5.74. The van der Waals surface area contributed by atoms with Gasteiger partial charge in [0, 0.05) is 18.1 Å². The van der Waals surface area contributed by atoms with Crippen LogP contribution >= 0.6 is 11.6 Å². The van der Waals surface area contributed by atoms with Gasteiger partial charge in [0.25, 0.3) is 0 Å². The molecule has 2 aromatic carbocycles. The maximum atomic E-state index is 13.7. The van der Waals surface area contributed by atoms with E-state index in [1.165, 1.54) is 24.3 Å². The molecule has 0 bridgehead atoms. The average molecular weight is 388 g/mol. The lowest BCUT2D eigenvalue weighted by Crippen LogP contribution is -2.03. The molecule has 5 nitrogen and oxygen atoms in total. The van der Waals surface area contributed by atoms with Gasteiger partial charge in [-0.15, -0.1) is 0 Å². The molecule has 1 aliphatic rings. The summed E-state index contributed by atoms with van der Waals surface area (Å²) in [5.74, 6) is -0.189. The number of rotatable bonds is 4. The number of esters is 1. The van der Waals surface area contributed by atoms with Crippen molar-refractivity contribution in [2.45, 2.75) is 13.0 Å². The molecule has 0 N–H and O–H groups in total. The molecule has 0 aliphatic carbocycles. The van der Waals surface area contributed by atoms with Gasteiger partial charge in [-0.05, 0) is 42.0 Å². The van der Waals surface area contributed by atoms with E-state index in [9.17, 15) is 9.18 Å². The van der Waals surface area contributed by atoms with E-state index >= 15 is 0 Å². The Morgan fingerprint density at radius 3 is 2.93 bits per heavy atom. The van der Waals surface area contributed by atoms with Crippen LogP contribution in [0.15, 0.2) is 36.4 Å². The van der Waals surface area contributed by atoms with Crippen molar-refractivity contribution in [1.29, 1.82) is 5.26 Å². The van der Waals surface area contributed by atoms with Crippen LogP contribution < -0.4 is 9.47 Å². The SMILES string of the molecule is N#Cc1ccc(F)c(COC(=O)/C=C/c2cc(Cl)c3c(c2)OCCCO3)c1. The molecule has 0 spiro atoms. The summed E-state index contributed by atoms with van der Waals surface area (Å²) >= 11 is 6.20. The minimum atomic E-state index is -0.653. The van der Waals surface area contributed by atoms with Gasteiger partial charge in [0.05, 0.1) is 29.9 Å². The summed E-state index contributed by atoms with van der Waals surface area (Å²) in [6, 6.07) is 9.13. The van der Waals surface area contributed by atoms with Crippen molar-refractivity contribution in [3.05, 3.63) is 63.9 Å². The highest BCUT2D eigenvalue weighted by Gasteiger charge is 2.15. The molecular weight excluding hydrogens is 373 g/mol. The topological polar surface area (TPSA) is 68.5 Å². The highest BCUT2D eigenvalue weighted by molar-refractivity contribution is 6.32. The van der Waals surface area contributed by atoms with Crippen molar-refractivity contribution in [3.8, 4) is 17.6 Å². The number of nitriles is 1. The van der Waals surface area contributed by atoms with Crippen LogP contribution in [0.3, 0.4) is 0 Å². The number of hydrogen-bond acceptors (Lipinski definition) is 5. The number of nitrogens with zero attached hydrogens (tertiary/aromatic N) is 1. The lowest BCUT2D eigenvalue weighted by Gasteiger charge is -2.10. The van der Waals surface area contributed by atoms with Crippen LogP contribution in [0.1, 0.15) is 23.1 Å². The Hall–Kier alpha value is -3.04. The van der Waals surface area contributed by atoms with Crippen LogP contribution in [0.4, 0.5) is 4.39 Å². The van der Waals surface area contributed by atoms with Crippen LogP contribution in [0.25, 0.3) is 6.08 Å². The largest absolute Gasteiger partial charge is 0.489 e. The highest BCUT2D eigenvalue weighted by atomic mass is 35.5. The Labute approximate surface area is 160 Å². The third kappa shape index (κ3) is 4.78. The van der Waals surface area contributed by atoms with Crippen molar-refractivity contribution in [3.63, 3.8) is 0 Å². The molecule has 0 saturated carbocycles. The molecule has 0 amide bonds. The Balaban J connectivity index is 1.66. The summed E-state index contributed by atoms with van der Waals surface area (Å²) in [7, 11) is 0. The zero-order valence-corrected chi connectivity index (χ0v) is 15.0.